The fourth-order valence-corrected chi connectivity index (χ4v) is 1.85. The van der Waals surface area contributed by atoms with E-state index >= 15 is 0 Å². The van der Waals surface area contributed by atoms with Crippen LogP contribution in [0.5, 0.6) is 11.5 Å². The maximum absolute atomic E-state index is 13.4. The van der Waals surface area contributed by atoms with Crippen molar-refractivity contribution in [2.24, 2.45) is 5.73 Å². The molecule has 1 amide bonds. The molecule has 0 aliphatic rings. The molecule has 21 heavy (non-hydrogen) atoms. The molecule has 0 aromatic heterocycles. The van der Waals surface area contributed by atoms with Crippen molar-refractivity contribution in [1.29, 1.82) is 0 Å². The van der Waals surface area contributed by atoms with E-state index in [4.69, 9.17) is 18.0 Å². The number of phenolic OH excluding ortho intramolecular Hbond substituents is 2. The molecule has 2 aromatic rings. The smallest absolute Gasteiger partial charge is 0.259 e. The number of nitrogens with one attached hydrogen (secondary N) is 1. The quantitative estimate of drug-likeness (QED) is 0.514. The molecule has 0 saturated heterocycles. The lowest BCUT2D eigenvalue weighted by molar-refractivity contribution is 0.102. The van der Waals surface area contributed by atoms with Gasteiger partial charge in [0.1, 0.15) is 22.3 Å². The minimum atomic E-state index is -0.663. The second kappa shape index (κ2) is 5.76. The van der Waals surface area contributed by atoms with Crippen LogP contribution in [-0.2, 0) is 0 Å². The number of phenols is 2. The molecule has 0 aliphatic heterocycles. The third kappa shape index (κ3) is 3.26. The summed E-state index contributed by atoms with van der Waals surface area (Å²) >= 11 is 4.71. The summed E-state index contributed by atoms with van der Waals surface area (Å²) in [5.74, 6) is -1.72. The van der Waals surface area contributed by atoms with Crippen LogP contribution < -0.4 is 11.1 Å². The van der Waals surface area contributed by atoms with Crippen LogP contribution in [0.2, 0.25) is 0 Å². The van der Waals surface area contributed by atoms with Crippen LogP contribution in [0.15, 0.2) is 36.4 Å². The summed E-state index contributed by atoms with van der Waals surface area (Å²) in [6.45, 7) is 0. The highest BCUT2D eigenvalue weighted by molar-refractivity contribution is 7.80. The van der Waals surface area contributed by atoms with E-state index in [-0.39, 0.29) is 33.3 Å². The maximum Gasteiger partial charge on any atom is 0.259 e. The minimum Gasteiger partial charge on any atom is -0.508 e. The zero-order valence-electron chi connectivity index (χ0n) is 10.6. The van der Waals surface area contributed by atoms with Gasteiger partial charge in [-0.1, -0.05) is 12.2 Å². The Morgan fingerprint density at radius 2 is 1.86 bits per heavy atom. The third-order valence-corrected chi connectivity index (χ3v) is 2.93. The molecule has 7 heteroatoms. The van der Waals surface area contributed by atoms with Crippen LogP contribution in [0.1, 0.15) is 15.9 Å². The van der Waals surface area contributed by atoms with E-state index in [1.54, 1.807) is 0 Å². The molecule has 108 valence electrons. The van der Waals surface area contributed by atoms with Gasteiger partial charge >= 0.3 is 0 Å². The van der Waals surface area contributed by atoms with Crippen molar-refractivity contribution in [1.82, 2.24) is 0 Å². The molecule has 0 fully saturated rings. The first-order chi connectivity index (χ1) is 9.88. The van der Waals surface area contributed by atoms with Crippen LogP contribution in [0.4, 0.5) is 10.1 Å². The average Bonchev–Trinajstić information content (AvgIpc) is 2.43. The fraction of sp³-hybridized carbons (Fsp3) is 0. The van der Waals surface area contributed by atoms with Crippen LogP contribution >= 0.6 is 12.2 Å². The number of aromatic hydroxyl groups is 2. The van der Waals surface area contributed by atoms with E-state index < -0.39 is 11.7 Å². The number of benzene rings is 2. The first-order valence-corrected chi connectivity index (χ1v) is 6.22. The van der Waals surface area contributed by atoms with Gasteiger partial charge in [-0.15, -0.1) is 0 Å². The number of hydrogen-bond donors (Lipinski definition) is 4. The summed E-state index contributed by atoms with van der Waals surface area (Å²) in [5, 5.41) is 21.4. The second-order valence-corrected chi connectivity index (χ2v) is 4.65. The molecule has 0 atom stereocenters. The summed E-state index contributed by atoms with van der Waals surface area (Å²) in [7, 11) is 0. The normalized spacial score (nSPS) is 10.1. The van der Waals surface area contributed by atoms with Crippen molar-refractivity contribution in [2.45, 2.75) is 0 Å². The third-order valence-electron chi connectivity index (χ3n) is 2.71. The molecular formula is C14H11FN2O3S. The van der Waals surface area contributed by atoms with Gasteiger partial charge in [0.15, 0.2) is 0 Å². The first-order valence-electron chi connectivity index (χ1n) is 5.81. The van der Waals surface area contributed by atoms with Gasteiger partial charge in [-0.2, -0.15) is 0 Å². The van der Waals surface area contributed by atoms with Gasteiger partial charge in [-0.3, -0.25) is 4.79 Å². The van der Waals surface area contributed by atoms with Crippen molar-refractivity contribution >= 4 is 28.8 Å². The number of hydrogen-bond acceptors (Lipinski definition) is 4. The van der Waals surface area contributed by atoms with Gasteiger partial charge in [0.2, 0.25) is 0 Å². The lowest BCUT2D eigenvalue weighted by Crippen LogP contribution is -2.15. The Morgan fingerprint density at radius 1 is 1.14 bits per heavy atom. The van der Waals surface area contributed by atoms with Gasteiger partial charge in [-0.25, -0.2) is 4.39 Å². The fourth-order valence-electron chi connectivity index (χ4n) is 1.70. The van der Waals surface area contributed by atoms with Crippen molar-refractivity contribution in [3.63, 3.8) is 0 Å². The Balaban J connectivity index is 2.29. The minimum absolute atomic E-state index is 0.00271. The molecule has 2 rings (SSSR count). The molecule has 0 aliphatic carbocycles. The van der Waals surface area contributed by atoms with Crippen LogP contribution in [0.25, 0.3) is 0 Å². The van der Waals surface area contributed by atoms with E-state index in [2.05, 4.69) is 5.32 Å². The number of thiocarbonyl (C=S) groups is 1. The Hall–Kier alpha value is -2.67. The van der Waals surface area contributed by atoms with Gasteiger partial charge < -0.3 is 21.3 Å². The SMILES string of the molecule is NC(=S)c1cc(NC(=O)c2cc(O)ccc2O)ccc1F. The van der Waals surface area contributed by atoms with Crippen LogP contribution in [0.3, 0.4) is 0 Å². The summed E-state index contributed by atoms with van der Waals surface area (Å²) in [4.78, 5) is 11.9. The molecule has 0 bridgehead atoms. The largest absolute Gasteiger partial charge is 0.508 e. The summed E-state index contributed by atoms with van der Waals surface area (Å²) in [5.41, 5.74) is 5.52. The van der Waals surface area contributed by atoms with Gasteiger partial charge in [0.25, 0.3) is 5.91 Å². The van der Waals surface area contributed by atoms with Gasteiger partial charge in [0.05, 0.1) is 5.56 Å². The zero-order chi connectivity index (χ0) is 15.6. The van der Waals surface area contributed by atoms with Crippen molar-refractivity contribution < 1.29 is 19.4 Å². The Morgan fingerprint density at radius 3 is 2.52 bits per heavy atom. The number of carbonyl (C=O) groups is 1. The topological polar surface area (TPSA) is 95.6 Å². The van der Waals surface area contributed by atoms with Gasteiger partial charge in [0, 0.05) is 11.3 Å². The molecule has 0 heterocycles. The highest BCUT2D eigenvalue weighted by Crippen LogP contribution is 2.23. The molecular weight excluding hydrogens is 295 g/mol. The molecule has 0 unspecified atom stereocenters. The number of carbonyl (C=O) groups excluding carboxylic acids is 1. The lowest BCUT2D eigenvalue weighted by atomic mass is 10.1. The molecule has 0 saturated carbocycles. The Labute approximate surface area is 124 Å². The predicted molar refractivity (Wildman–Crippen MR) is 80.0 cm³/mol. The molecule has 5 nitrogen and oxygen atoms in total. The highest BCUT2D eigenvalue weighted by Gasteiger charge is 2.14. The molecule has 0 radical (unpaired) electrons. The first kappa shape index (κ1) is 14.7. The number of nitrogens with two attached hydrogens (primary N) is 1. The standard InChI is InChI=1S/C14H11FN2O3S/c15-11-3-1-7(5-9(11)13(16)21)17-14(20)10-6-8(18)2-4-12(10)19/h1-6,18-19H,(H2,16,21)(H,17,20). The van der Waals surface area contributed by atoms with Crippen molar-refractivity contribution in [2.75, 3.05) is 5.32 Å². The Kier molecular flexibility index (Phi) is 4.04. The maximum atomic E-state index is 13.4. The van der Waals surface area contributed by atoms with Crippen molar-refractivity contribution in [3.8, 4) is 11.5 Å². The number of rotatable bonds is 3. The molecule has 0 spiro atoms. The van der Waals surface area contributed by atoms with E-state index in [1.807, 2.05) is 0 Å². The van der Waals surface area contributed by atoms with Gasteiger partial charge in [-0.05, 0) is 36.4 Å². The monoisotopic (exact) mass is 306 g/mol. The van der Waals surface area contributed by atoms with Crippen LogP contribution in [-0.4, -0.2) is 21.1 Å². The van der Waals surface area contributed by atoms with E-state index in [0.717, 1.165) is 12.1 Å². The average molecular weight is 306 g/mol. The lowest BCUT2D eigenvalue weighted by Gasteiger charge is -2.09. The number of amides is 1. The molecule has 2 aromatic carbocycles. The summed E-state index contributed by atoms with van der Waals surface area (Å²) < 4.78 is 13.4. The Bertz CT molecular complexity index is 734. The number of anilines is 1. The summed E-state index contributed by atoms with van der Waals surface area (Å²) in [6.07, 6.45) is 0. The van der Waals surface area contributed by atoms with Crippen molar-refractivity contribution in [3.05, 3.63) is 53.3 Å². The predicted octanol–water partition coefficient (Wildman–Crippen LogP) is 2.12. The van der Waals surface area contributed by atoms with Crippen LogP contribution in [0, 0.1) is 5.82 Å². The highest BCUT2D eigenvalue weighted by atomic mass is 32.1. The van der Waals surface area contributed by atoms with E-state index in [0.29, 0.717) is 0 Å². The zero-order valence-corrected chi connectivity index (χ0v) is 11.4. The van der Waals surface area contributed by atoms with E-state index in [1.165, 1.54) is 24.3 Å². The second-order valence-electron chi connectivity index (χ2n) is 4.21. The molecule has 5 N–H and O–H groups in total. The number of halogens is 1. The summed E-state index contributed by atoms with van der Waals surface area (Å²) in [6, 6.07) is 7.28. The van der Waals surface area contributed by atoms with E-state index in [9.17, 15) is 19.4 Å².